The number of aromatic nitrogens is 9. The molecular formula is C65H112N10O9S. The maximum Gasteiger partial charge on any atom is 0.158 e. The van der Waals surface area contributed by atoms with E-state index in [0.29, 0.717) is 114 Å². The van der Waals surface area contributed by atoms with Crippen LogP contribution in [0, 0.1) is 23.2 Å². The van der Waals surface area contributed by atoms with Gasteiger partial charge >= 0.3 is 0 Å². The van der Waals surface area contributed by atoms with Crippen LogP contribution >= 0.6 is 0 Å². The van der Waals surface area contributed by atoms with E-state index < -0.39 is 9.52 Å². The third-order valence-corrected chi connectivity index (χ3v) is 15.6. The minimum absolute atomic E-state index is 0. The van der Waals surface area contributed by atoms with Gasteiger partial charge in [0, 0.05) is 62.7 Å². The summed E-state index contributed by atoms with van der Waals surface area (Å²) in [4.78, 5) is 2.25. The van der Waals surface area contributed by atoms with Gasteiger partial charge in [0.25, 0.3) is 0 Å². The van der Waals surface area contributed by atoms with E-state index in [1.165, 1.54) is 36.8 Å². The molecule has 2 aliphatic heterocycles. The van der Waals surface area contributed by atoms with Crippen LogP contribution < -0.4 is 0 Å². The molecule has 19 nitrogen and oxygen atoms in total. The van der Waals surface area contributed by atoms with Crippen molar-refractivity contribution >= 4 is 15.4 Å². The van der Waals surface area contributed by atoms with Gasteiger partial charge in [-0.15, -0.1) is 15.3 Å². The minimum atomic E-state index is -1.85. The van der Waals surface area contributed by atoms with Crippen molar-refractivity contribution in [3.05, 3.63) is 89.6 Å². The van der Waals surface area contributed by atoms with Gasteiger partial charge in [-0.25, -0.2) is 14.0 Å². The summed E-state index contributed by atoms with van der Waals surface area (Å²) in [6.45, 7) is 34.9. The Morgan fingerprint density at radius 2 is 1.09 bits per heavy atom. The molecule has 20 heteroatoms. The van der Waals surface area contributed by atoms with Gasteiger partial charge in [-0.1, -0.05) is 135 Å². The first kappa shape index (κ1) is 74.8. The Morgan fingerprint density at radius 3 is 1.62 bits per heavy atom. The Morgan fingerprint density at radius 1 is 0.588 bits per heavy atom. The van der Waals surface area contributed by atoms with Crippen LogP contribution in [0.2, 0.25) is 0 Å². The molecule has 2 aromatic carbocycles. The monoisotopic (exact) mass is 1210 g/mol. The lowest BCUT2D eigenvalue weighted by atomic mass is 9.89. The lowest BCUT2D eigenvalue weighted by Gasteiger charge is -2.27. The Kier molecular flexibility index (Phi) is 35.3. The van der Waals surface area contributed by atoms with Gasteiger partial charge < -0.3 is 37.9 Å². The maximum absolute atomic E-state index is 11.9. The Balaban J connectivity index is 0.000000331. The molecule has 1 unspecified atom stereocenters. The Bertz CT molecular complexity index is 2570. The average Bonchev–Trinajstić information content (AvgIpc) is 4.08. The first-order chi connectivity index (χ1) is 39.7. The minimum Gasteiger partial charge on any atom is -0.379 e. The number of ether oxygens (including phenoxy) is 8. The number of nitrogens with zero attached hydrogens (tertiary/aromatic N) is 10. The molecule has 482 valence electrons. The number of hydrogen-bond donors (Lipinski definition) is 0. The first-order valence-corrected chi connectivity index (χ1v) is 32.3. The van der Waals surface area contributed by atoms with Crippen LogP contribution in [0.15, 0.2) is 67.1 Å². The van der Waals surface area contributed by atoms with Crippen molar-refractivity contribution in [1.29, 1.82) is 0 Å². The summed E-state index contributed by atoms with van der Waals surface area (Å²) in [5, 5.41) is 25.2. The molecular weight excluding hydrogens is 1100 g/mol. The van der Waals surface area contributed by atoms with Gasteiger partial charge in [0.1, 0.15) is 11.4 Å². The number of hydrogen-bond acceptors (Lipinski definition) is 16. The lowest BCUT2D eigenvalue weighted by molar-refractivity contribution is -0.169. The molecule has 0 radical (unpaired) electrons. The van der Waals surface area contributed by atoms with Crippen molar-refractivity contribution in [2.75, 3.05) is 110 Å². The molecule has 0 amide bonds. The van der Waals surface area contributed by atoms with E-state index in [-0.39, 0.29) is 21.1 Å². The number of rotatable bonds is 33. The quantitative estimate of drug-likeness (QED) is 0.0285. The molecule has 0 saturated carbocycles. The van der Waals surface area contributed by atoms with E-state index in [1.807, 2.05) is 23.3 Å². The molecule has 1 atom stereocenters. The van der Waals surface area contributed by atoms with Gasteiger partial charge in [0.2, 0.25) is 0 Å². The molecule has 7 rings (SSSR count). The third kappa shape index (κ3) is 34.6. The number of aryl methyl sites for hydroxylation is 2. The van der Waals surface area contributed by atoms with Crippen molar-refractivity contribution in [1.82, 2.24) is 49.9 Å². The summed E-state index contributed by atoms with van der Waals surface area (Å²) in [6, 6.07) is 16.8. The van der Waals surface area contributed by atoms with Crippen molar-refractivity contribution in [3.8, 4) is 16.9 Å². The van der Waals surface area contributed by atoms with Crippen LogP contribution in [-0.4, -0.2) is 177 Å². The van der Waals surface area contributed by atoms with Gasteiger partial charge in [0.05, 0.1) is 110 Å². The summed E-state index contributed by atoms with van der Waals surface area (Å²) in [7, 11) is -1.85. The van der Waals surface area contributed by atoms with Gasteiger partial charge in [-0.3, -0.25) is 9.11 Å². The predicted octanol–water partition coefficient (Wildman–Crippen LogP) is 11.4. The molecule has 0 bridgehead atoms. The van der Waals surface area contributed by atoms with E-state index in [9.17, 15) is 4.21 Å². The molecule has 0 aliphatic carbocycles. The fourth-order valence-electron chi connectivity index (χ4n) is 8.63. The third-order valence-electron chi connectivity index (χ3n) is 13.7. The van der Waals surface area contributed by atoms with Crippen LogP contribution in [0.4, 0.5) is 0 Å². The van der Waals surface area contributed by atoms with Gasteiger partial charge in [-0.2, -0.15) is 0 Å². The molecule has 5 aromatic rings. The number of benzene rings is 2. The molecule has 0 N–H and O–H groups in total. The molecule has 2 aliphatic rings. The second-order valence-corrected chi connectivity index (χ2v) is 28.1. The molecule has 2 fully saturated rings. The van der Waals surface area contributed by atoms with Crippen molar-refractivity contribution in [3.63, 3.8) is 0 Å². The second-order valence-electron chi connectivity index (χ2n) is 25.3. The van der Waals surface area contributed by atoms with E-state index in [2.05, 4.69) is 159 Å². The summed E-state index contributed by atoms with van der Waals surface area (Å²) in [6.07, 6.45) is 15.8. The first-order valence-electron chi connectivity index (χ1n) is 30.3. The SMILES string of the molecule is C.C.C=S1(=O)CCN(Cc2cn(CCOCCOCCOCCCC(C)(C)C)nn2)CC1.CC(C)(C)CCc1ccc(-n2cc(COC3CCCCO3)nn2)cc1.Cc1ccc(-c2cn(CCOCCOCCOCCCC(C)(C)C)nn2)cc1. The fraction of sp³-hybridized carbons (Fsp3) is 0.708. The molecule has 5 heterocycles. The Labute approximate surface area is 512 Å². The zero-order valence-electron chi connectivity index (χ0n) is 52.4. The zero-order chi connectivity index (χ0) is 59.8. The summed E-state index contributed by atoms with van der Waals surface area (Å²) in [5.74, 6) is 5.14. The van der Waals surface area contributed by atoms with E-state index >= 15 is 0 Å². The van der Waals surface area contributed by atoms with Crippen molar-refractivity contribution < 1.29 is 42.1 Å². The fourth-order valence-corrected chi connectivity index (χ4v) is 10.0. The normalized spacial score (nSPS) is 15.5. The lowest BCUT2D eigenvalue weighted by Crippen LogP contribution is -2.39. The Hall–Kier alpha value is -4.48. The maximum atomic E-state index is 11.9. The molecule has 85 heavy (non-hydrogen) atoms. The highest BCUT2D eigenvalue weighted by Crippen LogP contribution is 2.24. The predicted molar refractivity (Wildman–Crippen MR) is 344 cm³/mol. The largest absolute Gasteiger partial charge is 0.379 e. The smallest absolute Gasteiger partial charge is 0.158 e. The summed E-state index contributed by atoms with van der Waals surface area (Å²) in [5.41, 5.74) is 8.44. The summed E-state index contributed by atoms with van der Waals surface area (Å²) < 4.78 is 62.1. The van der Waals surface area contributed by atoms with E-state index in [4.69, 9.17) is 37.9 Å². The van der Waals surface area contributed by atoms with Crippen LogP contribution in [0.1, 0.15) is 151 Å². The summed E-state index contributed by atoms with van der Waals surface area (Å²) >= 11 is 0. The van der Waals surface area contributed by atoms with E-state index in [1.54, 1.807) is 9.36 Å². The van der Waals surface area contributed by atoms with Crippen molar-refractivity contribution in [2.45, 2.75) is 174 Å². The van der Waals surface area contributed by atoms with Crippen molar-refractivity contribution in [2.24, 2.45) is 16.2 Å². The molecule has 3 aromatic heterocycles. The average molecular weight is 1210 g/mol. The van der Waals surface area contributed by atoms with Crippen LogP contribution in [0.25, 0.3) is 16.9 Å². The van der Waals surface area contributed by atoms with Crippen LogP contribution in [0.3, 0.4) is 0 Å². The van der Waals surface area contributed by atoms with Crippen LogP contribution in [0.5, 0.6) is 0 Å². The van der Waals surface area contributed by atoms with Crippen LogP contribution in [-0.2, 0) is 80.1 Å². The van der Waals surface area contributed by atoms with Gasteiger partial charge in [0.15, 0.2) is 6.29 Å². The second kappa shape index (κ2) is 40.1. The highest BCUT2D eigenvalue weighted by atomic mass is 32.2. The van der Waals surface area contributed by atoms with E-state index in [0.717, 1.165) is 99.9 Å². The molecule has 2 saturated heterocycles. The van der Waals surface area contributed by atoms with Gasteiger partial charge in [-0.05, 0) is 114 Å². The highest BCUT2D eigenvalue weighted by Gasteiger charge is 2.19. The highest BCUT2D eigenvalue weighted by molar-refractivity contribution is 8.00. The standard InChI is InChI=1S/C22H35N3O3.C21H40N4O4S.C20H29N3O2.2CH4/c1-19-6-8-20(9-7-19)21-18-25(24-23-21)11-13-27-15-17-28-16-14-26-12-5-10-22(2,3)4;1-21(2,3)6-5-10-27-12-14-29-15-13-28-11-7-25-19-20(22-23-25)18-24-8-16-30(4,26)17-9-24;1-20(2,3)12-11-16-7-9-18(10-8-16)23-14-17(21-22-23)15-25-19-6-4-5-13-24-19;;/h6-9,18H,5,10-17H2,1-4H3;19H,4-18H2,1-3H3;7-10,14,19H,4-6,11-13,15H2,1-3H3;2*1H4. The molecule has 0 spiro atoms. The topological polar surface area (TPSA) is 186 Å². The zero-order valence-corrected chi connectivity index (χ0v) is 53.2.